The Labute approximate surface area is 135 Å². The summed E-state index contributed by atoms with van der Waals surface area (Å²) in [5.41, 5.74) is 4.73. The van der Waals surface area contributed by atoms with Crippen LogP contribution >= 0.6 is 0 Å². The lowest BCUT2D eigenvalue weighted by Crippen LogP contribution is -2.42. The summed E-state index contributed by atoms with van der Waals surface area (Å²) < 4.78 is 32.9. The normalized spacial score (nSPS) is 18.2. The minimum atomic E-state index is -0.648. The van der Waals surface area contributed by atoms with Crippen molar-refractivity contribution >= 4 is 17.5 Å². The Bertz CT molecular complexity index is 602. The van der Waals surface area contributed by atoms with Crippen LogP contribution in [0, 0.1) is 11.6 Å². The number of likely N-dealkylation sites (N-methyl/N-ethyl adjacent to an activating group) is 1. The molecule has 1 unspecified atom stereocenters. The van der Waals surface area contributed by atoms with E-state index in [0.29, 0.717) is 19.5 Å². The lowest BCUT2D eigenvalue weighted by molar-refractivity contribution is 0.0238. The first-order valence-electron chi connectivity index (χ1n) is 7.54. The van der Waals surface area contributed by atoms with Crippen LogP contribution in [0.1, 0.15) is 27.2 Å². The fourth-order valence-corrected chi connectivity index (χ4v) is 2.55. The molecule has 1 aliphatic heterocycles. The number of benzene rings is 1. The Kier molecular flexibility index (Phi) is 4.68. The number of nitrogens with two attached hydrogens (primary N) is 1. The first-order valence-corrected chi connectivity index (χ1v) is 7.54. The number of carbonyl (C=O) groups excluding carboxylic acids is 1. The number of ether oxygens (including phenoxy) is 1. The second-order valence-electron chi connectivity index (χ2n) is 6.80. The van der Waals surface area contributed by atoms with E-state index in [1.165, 1.54) is 4.90 Å². The molecule has 0 bridgehead atoms. The number of hydrogen-bond acceptors (Lipinski definition) is 4. The molecule has 1 heterocycles. The van der Waals surface area contributed by atoms with Gasteiger partial charge in [-0.1, -0.05) is 0 Å². The lowest BCUT2D eigenvalue weighted by Gasteiger charge is -2.29. The summed E-state index contributed by atoms with van der Waals surface area (Å²) in [6.07, 6.45) is 0.231. The van der Waals surface area contributed by atoms with Gasteiger partial charge in [0.25, 0.3) is 0 Å². The van der Waals surface area contributed by atoms with E-state index in [-0.39, 0.29) is 17.4 Å². The highest BCUT2D eigenvalue weighted by Gasteiger charge is 2.32. The second-order valence-corrected chi connectivity index (χ2v) is 6.80. The fourth-order valence-electron chi connectivity index (χ4n) is 2.55. The van der Waals surface area contributed by atoms with Gasteiger partial charge >= 0.3 is 6.09 Å². The molecular formula is C16H23F2N3O2. The van der Waals surface area contributed by atoms with Crippen LogP contribution < -0.4 is 10.6 Å². The molecule has 1 atom stereocenters. The molecule has 0 saturated carbocycles. The van der Waals surface area contributed by atoms with Crippen LogP contribution in [-0.4, -0.2) is 42.8 Å². The highest BCUT2D eigenvalue weighted by Crippen LogP contribution is 2.29. The minimum Gasteiger partial charge on any atom is -0.444 e. The summed E-state index contributed by atoms with van der Waals surface area (Å²) in [6, 6.07) is 1.96. The van der Waals surface area contributed by atoms with Crippen LogP contribution in [0.15, 0.2) is 12.1 Å². The molecule has 0 radical (unpaired) electrons. The van der Waals surface area contributed by atoms with Crippen molar-refractivity contribution < 1.29 is 18.3 Å². The third kappa shape index (κ3) is 4.03. The van der Waals surface area contributed by atoms with E-state index in [1.807, 2.05) is 0 Å². The van der Waals surface area contributed by atoms with Gasteiger partial charge in [-0.3, -0.25) is 0 Å². The predicted molar refractivity (Wildman–Crippen MR) is 85.4 cm³/mol. The Morgan fingerprint density at radius 1 is 1.35 bits per heavy atom. The minimum absolute atomic E-state index is 0.120. The van der Waals surface area contributed by atoms with Gasteiger partial charge in [0.05, 0.1) is 17.4 Å². The van der Waals surface area contributed by atoms with Gasteiger partial charge in [-0.2, -0.15) is 0 Å². The van der Waals surface area contributed by atoms with Gasteiger partial charge in [0, 0.05) is 32.3 Å². The molecule has 7 heteroatoms. The Morgan fingerprint density at radius 2 is 2.00 bits per heavy atom. The van der Waals surface area contributed by atoms with E-state index in [1.54, 1.807) is 32.7 Å². The van der Waals surface area contributed by atoms with Crippen LogP contribution in [-0.2, 0) is 4.74 Å². The monoisotopic (exact) mass is 327 g/mol. The molecule has 5 nitrogen and oxygen atoms in total. The number of anilines is 2. The average Bonchev–Trinajstić information content (AvgIpc) is 2.89. The molecule has 1 fully saturated rings. The second kappa shape index (κ2) is 6.22. The third-order valence-corrected chi connectivity index (χ3v) is 3.80. The van der Waals surface area contributed by atoms with Crippen LogP contribution in [0.5, 0.6) is 0 Å². The quantitative estimate of drug-likeness (QED) is 0.849. The van der Waals surface area contributed by atoms with Crippen molar-refractivity contribution in [2.24, 2.45) is 0 Å². The highest BCUT2D eigenvalue weighted by molar-refractivity contribution is 5.68. The summed E-state index contributed by atoms with van der Waals surface area (Å²) in [4.78, 5) is 15.3. The van der Waals surface area contributed by atoms with E-state index in [9.17, 15) is 13.6 Å². The van der Waals surface area contributed by atoms with Gasteiger partial charge in [0.1, 0.15) is 17.2 Å². The standard InChI is InChI=1S/C16H23F2N3O2/c1-16(2,3)23-15(22)20(4)10-5-6-21(9-10)14-8-11(17)13(19)7-12(14)18/h7-8,10H,5-6,9,19H2,1-4H3. The first kappa shape index (κ1) is 17.3. The van der Waals surface area contributed by atoms with Gasteiger partial charge in [-0.05, 0) is 27.2 Å². The maximum absolute atomic E-state index is 14.0. The Morgan fingerprint density at radius 3 is 2.61 bits per heavy atom. The number of rotatable bonds is 2. The number of nitrogens with zero attached hydrogens (tertiary/aromatic N) is 2. The molecule has 2 N–H and O–H groups in total. The van der Waals surface area contributed by atoms with Crippen molar-refractivity contribution in [3.63, 3.8) is 0 Å². The average molecular weight is 327 g/mol. The lowest BCUT2D eigenvalue weighted by atomic mass is 10.2. The molecule has 23 heavy (non-hydrogen) atoms. The maximum Gasteiger partial charge on any atom is 0.410 e. The number of nitrogen functional groups attached to an aromatic ring is 1. The van der Waals surface area contributed by atoms with Crippen LogP contribution in [0.2, 0.25) is 0 Å². The SMILES string of the molecule is CN(C(=O)OC(C)(C)C)C1CCN(c2cc(F)c(N)cc2F)C1. The van der Waals surface area contributed by atoms with Crippen molar-refractivity contribution in [3.8, 4) is 0 Å². The Balaban J connectivity index is 2.06. The molecule has 1 saturated heterocycles. The first-order chi connectivity index (χ1) is 10.6. The number of hydrogen-bond donors (Lipinski definition) is 1. The number of halogens is 2. The van der Waals surface area contributed by atoms with Crippen molar-refractivity contribution in [2.45, 2.75) is 38.8 Å². The molecule has 128 valence electrons. The smallest absolute Gasteiger partial charge is 0.410 e. The summed E-state index contributed by atoms with van der Waals surface area (Å²) in [5.74, 6) is -1.21. The van der Waals surface area contributed by atoms with Crippen LogP contribution in [0.25, 0.3) is 0 Å². The molecular weight excluding hydrogens is 304 g/mol. The van der Waals surface area contributed by atoms with Crippen molar-refractivity contribution in [1.82, 2.24) is 4.90 Å². The van der Waals surface area contributed by atoms with Crippen molar-refractivity contribution in [1.29, 1.82) is 0 Å². The van der Waals surface area contributed by atoms with E-state index in [4.69, 9.17) is 10.5 Å². The van der Waals surface area contributed by atoms with Gasteiger partial charge in [-0.15, -0.1) is 0 Å². The highest BCUT2D eigenvalue weighted by atomic mass is 19.1. The predicted octanol–water partition coefficient (Wildman–Crippen LogP) is 2.99. The molecule has 0 spiro atoms. The third-order valence-electron chi connectivity index (χ3n) is 3.80. The molecule has 0 aromatic heterocycles. The summed E-state index contributed by atoms with van der Waals surface area (Å²) in [5, 5.41) is 0. The van der Waals surface area contributed by atoms with E-state index in [2.05, 4.69) is 0 Å². The van der Waals surface area contributed by atoms with Crippen LogP contribution in [0.3, 0.4) is 0 Å². The summed E-state index contributed by atoms with van der Waals surface area (Å²) >= 11 is 0. The van der Waals surface area contributed by atoms with Crippen molar-refractivity contribution in [2.75, 3.05) is 30.8 Å². The zero-order valence-corrected chi connectivity index (χ0v) is 13.9. The maximum atomic E-state index is 14.0. The number of carbonyl (C=O) groups is 1. The molecule has 1 amide bonds. The zero-order chi connectivity index (χ0) is 17.4. The molecule has 1 aromatic carbocycles. The van der Waals surface area contributed by atoms with Crippen molar-refractivity contribution in [3.05, 3.63) is 23.8 Å². The number of amides is 1. The van der Waals surface area contributed by atoms with E-state index in [0.717, 1.165) is 12.1 Å². The molecule has 2 rings (SSSR count). The van der Waals surface area contributed by atoms with Gasteiger partial charge in [-0.25, -0.2) is 13.6 Å². The topological polar surface area (TPSA) is 58.8 Å². The Hall–Kier alpha value is -2.05. The van der Waals surface area contributed by atoms with E-state index < -0.39 is 23.3 Å². The van der Waals surface area contributed by atoms with E-state index >= 15 is 0 Å². The fraction of sp³-hybridized carbons (Fsp3) is 0.562. The van der Waals surface area contributed by atoms with Gasteiger partial charge in [0.15, 0.2) is 0 Å². The van der Waals surface area contributed by atoms with Gasteiger partial charge in [0.2, 0.25) is 0 Å². The zero-order valence-electron chi connectivity index (χ0n) is 13.9. The molecule has 1 aliphatic rings. The largest absolute Gasteiger partial charge is 0.444 e. The summed E-state index contributed by atoms with van der Waals surface area (Å²) in [7, 11) is 1.65. The summed E-state index contributed by atoms with van der Waals surface area (Å²) in [6.45, 7) is 6.33. The van der Waals surface area contributed by atoms with Crippen LogP contribution in [0.4, 0.5) is 25.0 Å². The molecule has 0 aliphatic carbocycles. The van der Waals surface area contributed by atoms with Gasteiger partial charge < -0.3 is 20.3 Å². The molecule has 1 aromatic rings.